The van der Waals surface area contributed by atoms with Crippen molar-refractivity contribution in [1.29, 1.82) is 0 Å². The van der Waals surface area contributed by atoms with E-state index in [-0.39, 0.29) is 5.91 Å². The zero-order chi connectivity index (χ0) is 20.8. The molecule has 0 aliphatic rings. The van der Waals surface area contributed by atoms with Gasteiger partial charge in [0.25, 0.3) is 5.91 Å². The van der Waals surface area contributed by atoms with Crippen molar-refractivity contribution in [2.45, 2.75) is 13.2 Å². The third-order valence-electron chi connectivity index (χ3n) is 4.52. The summed E-state index contributed by atoms with van der Waals surface area (Å²) in [6.07, 6.45) is 3.68. The number of hydrogen-bond donors (Lipinski definition) is 1. The fraction of sp³-hybridized carbons (Fsp3) is 0.0833. The van der Waals surface area contributed by atoms with Crippen LogP contribution in [0.5, 0.6) is 5.75 Å². The Balaban J connectivity index is 1.36. The topological polar surface area (TPSA) is 56.2 Å². The van der Waals surface area contributed by atoms with Gasteiger partial charge in [-0.15, -0.1) is 0 Å². The Morgan fingerprint density at radius 3 is 2.50 bits per heavy atom. The summed E-state index contributed by atoms with van der Waals surface area (Å²) in [5.74, 6) is 0.628. The quantitative estimate of drug-likeness (QED) is 0.393. The van der Waals surface area contributed by atoms with E-state index in [0.29, 0.717) is 18.7 Å². The Bertz CT molecular complexity index is 1110. The molecule has 0 fully saturated rings. The lowest BCUT2D eigenvalue weighted by molar-refractivity contribution is 0.102. The number of nitrogens with zero attached hydrogens (tertiary/aromatic N) is 2. The fourth-order valence-corrected chi connectivity index (χ4v) is 3.24. The van der Waals surface area contributed by atoms with E-state index in [9.17, 15) is 4.79 Å². The van der Waals surface area contributed by atoms with Gasteiger partial charge in [-0.25, -0.2) is 0 Å². The highest BCUT2D eigenvalue weighted by Crippen LogP contribution is 2.18. The first kappa shape index (κ1) is 19.9. The van der Waals surface area contributed by atoms with Crippen molar-refractivity contribution < 1.29 is 9.53 Å². The maximum absolute atomic E-state index is 12.6. The Morgan fingerprint density at radius 1 is 0.967 bits per heavy atom. The highest BCUT2D eigenvalue weighted by Gasteiger charge is 2.08. The largest absolute Gasteiger partial charge is 0.489 e. The number of benzene rings is 3. The molecule has 150 valence electrons. The van der Waals surface area contributed by atoms with Gasteiger partial charge in [-0.2, -0.15) is 5.10 Å². The van der Waals surface area contributed by atoms with Gasteiger partial charge in [0.1, 0.15) is 12.4 Å². The van der Waals surface area contributed by atoms with E-state index in [1.54, 1.807) is 12.3 Å². The van der Waals surface area contributed by atoms with Crippen LogP contribution in [0.2, 0.25) is 0 Å². The smallest absolute Gasteiger partial charge is 0.255 e. The van der Waals surface area contributed by atoms with Gasteiger partial charge in [0.15, 0.2) is 0 Å². The van der Waals surface area contributed by atoms with Gasteiger partial charge in [-0.3, -0.25) is 9.48 Å². The third kappa shape index (κ3) is 5.36. The predicted octanol–water partition coefficient (Wildman–Crippen LogP) is 5.53. The van der Waals surface area contributed by atoms with Crippen molar-refractivity contribution in [1.82, 2.24) is 9.78 Å². The summed E-state index contributed by atoms with van der Waals surface area (Å²) in [7, 11) is 0. The van der Waals surface area contributed by atoms with Crippen LogP contribution in [0.15, 0.2) is 95.7 Å². The first-order valence-corrected chi connectivity index (χ1v) is 10.3. The van der Waals surface area contributed by atoms with Crippen molar-refractivity contribution in [3.05, 3.63) is 112 Å². The predicted molar refractivity (Wildman–Crippen MR) is 121 cm³/mol. The van der Waals surface area contributed by atoms with Gasteiger partial charge in [-0.05, 0) is 65.7 Å². The van der Waals surface area contributed by atoms with Crippen molar-refractivity contribution in [3.8, 4) is 5.75 Å². The molecule has 0 saturated heterocycles. The molecular weight excluding hydrogens is 442 g/mol. The van der Waals surface area contributed by atoms with Crippen molar-refractivity contribution in [2.75, 3.05) is 5.32 Å². The number of ether oxygens (including phenoxy) is 1. The lowest BCUT2D eigenvalue weighted by Gasteiger charge is -2.09. The molecule has 0 spiro atoms. The summed E-state index contributed by atoms with van der Waals surface area (Å²) in [5, 5.41) is 7.15. The van der Waals surface area contributed by atoms with Gasteiger partial charge in [0.2, 0.25) is 0 Å². The maximum Gasteiger partial charge on any atom is 0.255 e. The second-order valence-corrected chi connectivity index (χ2v) is 7.71. The minimum Gasteiger partial charge on any atom is -0.489 e. The highest BCUT2D eigenvalue weighted by molar-refractivity contribution is 9.10. The summed E-state index contributed by atoms with van der Waals surface area (Å²) < 4.78 is 8.66. The molecule has 0 bridgehead atoms. The second kappa shape index (κ2) is 9.41. The molecule has 6 heteroatoms. The Labute approximate surface area is 183 Å². The van der Waals surface area contributed by atoms with Crippen molar-refractivity contribution in [2.24, 2.45) is 0 Å². The molecule has 1 amide bonds. The van der Waals surface area contributed by atoms with Gasteiger partial charge in [0.05, 0.1) is 6.54 Å². The number of halogens is 1. The molecule has 4 aromatic rings. The van der Waals surface area contributed by atoms with Gasteiger partial charge >= 0.3 is 0 Å². The van der Waals surface area contributed by atoms with E-state index < -0.39 is 0 Å². The molecule has 30 heavy (non-hydrogen) atoms. The molecular formula is C24H20BrN3O2. The zero-order valence-electron chi connectivity index (χ0n) is 16.2. The molecule has 0 aliphatic carbocycles. The van der Waals surface area contributed by atoms with Gasteiger partial charge < -0.3 is 10.1 Å². The standard InChI is InChI=1S/C24H20BrN3O2/c25-21-7-11-23(12-8-21)30-17-19-3-1-4-20(15-19)24(29)27-22-9-5-18(6-10-22)16-28-14-2-13-26-28/h1-15H,16-17H2,(H,27,29). The van der Waals surface area contributed by atoms with Crippen LogP contribution in [-0.2, 0) is 13.2 Å². The number of nitrogens with one attached hydrogen (secondary N) is 1. The van der Waals surface area contributed by atoms with Crippen LogP contribution in [0.1, 0.15) is 21.5 Å². The molecule has 1 N–H and O–H groups in total. The van der Waals surface area contributed by atoms with Gasteiger partial charge in [-0.1, -0.05) is 40.2 Å². The van der Waals surface area contributed by atoms with E-state index >= 15 is 0 Å². The molecule has 4 rings (SSSR count). The van der Waals surface area contributed by atoms with Crippen molar-refractivity contribution >= 4 is 27.5 Å². The minimum absolute atomic E-state index is 0.152. The summed E-state index contributed by atoms with van der Waals surface area (Å²) in [4.78, 5) is 12.6. The third-order valence-corrected chi connectivity index (χ3v) is 5.05. The van der Waals surface area contributed by atoms with Crippen molar-refractivity contribution in [3.63, 3.8) is 0 Å². The number of rotatable bonds is 7. The molecule has 0 atom stereocenters. The number of carbonyl (C=O) groups excluding carboxylic acids is 1. The molecule has 0 radical (unpaired) electrons. The second-order valence-electron chi connectivity index (χ2n) is 6.80. The summed E-state index contributed by atoms with van der Waals surface area (Å²) in [6.45, 7) is 1.09. The van der Waals surface area contributed by atoms with E-state index in [1.807, 2.05) is 83.7 Å². The molecule has 0 aliphatic heterocycles. The van der Waals surface area contributed by atoms with Crippen LogP contribution in [-0.4, -0.2) is 15.7 Å². The monoisotopic (exact) mass is 461 g/mol. The van der Waals surface area contributed by atoms with E-state index in [4.69, 9.17) is 4.74 Å². The van der Waals surface area contributed by atoms with Crippen LogP contribution in [0, 0.1) is 0 Å². The molecule has 0 saturated carbocycles. The first-order valence-electron chi connectivity index (χ1n) is 9.51. The molecule has 5 nitrogen and oxygen atoms in total. The first-order chi connectivity index (χ1) is 14.7. The number of anilines is 1. The van der Waals surface area contributed by atoms with Crippen LogP contribution in [0.3, 0.4) is 0 Å². The summed E-state index contributed by atoms with van der Waals surface area (Å²) in [6, 6.07) is 24.8. The molecule has 3 aromatic carbocycles. The zero-order valence-corrected chi connectivity index (χ0v) is 17.7. The van der Waals surface area contributed by atoms with Crippen LogP contribution in [0.25, 0.3) is 0 Å². The summed E-state index contributed by atoms with van der Waals surface area (Å²) in [5.41, 5.74) is 3.39. The molecule has 1 aromatic heterocycles. The number of carbonyl (C=O) groups is 1. The van der Waals surface area contributed by atoms with Crippen LogP contribution in [0.4, 0.5) is 5.69 Å². The SMILES string of the molecule is O=C(Nc1ccc(Cn2cccn2)cc1)c1cccc(COc2ccc(Br)cc2)c1. The van der Waals surface area contributed by atoms with E-state index in [2.05, 4.69) is 26.3 Å². The Kier molecular flexibility index (Phi) is 6.25. The van der Waals surface area contributed by atoms with E-state index in [0.717, 1.165) is 27.0 Å². The van der Waals surface area contributed by atoms with Crippen LogP contribution >= 0.6 is 15.9 Å². The normalized spacial score (nSPS) is 10.6. The average molecular weight is 462 g/mol. The minimum atomic E-state index is -0.152. The molecule has 0 unspecified atom stereocenters. The van der Waals surface area contributed by atoms with Crippen LogP contribution < -0.4 is 10.1 Å². The van der Waals surface area contributed by atoms with Gasteiger partial charge in [0, 0.05) is 28.1 Å². The Morgan fingerprint density at radius 2 is 1.77 bits per heavy atom. The number of aromatic nitrogens is 2. The molecule has 1 heterocycles. The fourth-order valence-electron chi connectivity index (χ4n) is 2.98. The lowest BCUT2D eigenvalue weighted by Crippen LogP contribution is -2.12. The average Bonchev–Trinajstić information content (AvgIpc) is 3.28. The highest BCUT2D eigenvalue weighted by atomic mass is 79.9. The summed E-state index contributed by atoms with van der Waals surface area (Å²) >= 11 is 3.41. The number of hydrogen-bond acceptors (Lipinski definition) is 3. The van der Waals surface area contributed by atoms with E-state index in [1.165, 1.54) is 0 Å². The number of amides is 1. The Hall–Kier alpha value is -3.38. The lowest BCUT2D eigenvalue weighted by atomic mass is 10.1. The maximum atomic E-state index is 12.6.